The number of hydrogen-bond acceptors (Lipinski definition) is 5. The molecule has 0 saturated carbocycles. The highest BCUT2D eigenvalue weighted by Crippen LogP contribution is 2.36. The fraction of sp³-hybridized carbons (Fsp3) is 0. The van der Waals surface area contributed by atoms with Crippen molar-refractivity contribution in [3.8, 4) is 14.8 Å². The van der Waals surface area contributed by atoms with E-state index in [-0.39, 0.29) is 7.69 Å². The molecule has 0 atom stereocenters. The third-order valence-electron chi connectivity index (χ3n) is 1.77. The van der Waals surface area contributed by atoms with E-state index in [1.807, 2.05) is 12.1 Å². The van der Waals surface area contributed by atoms with E-state index in [0.29, 0.717) is 9.94 Å². The minimum Gasteiger partial charge on any atom is -0.531 e. The van der Waals surface area contributed by atoms with Crippen LogP contribution in [0, 0.1) is 0 Å². The van der Waals surface area contributed by atoms with E-state index in [1.165, 1.54) is 22.7 Å². The van der Waals surface area contributed by atoms with Gasteiger partial charge in [0, 0.05) is 9.75 Å². The van der Waals surface area contributed by atoms with Crippen LogP contribution in [0.3, 0.4) is 0 Å². The molecule has 2 rings (SSSR count). The minimum absolute atomic E-state index is 0.315. The molecule has 2 aromatic heterocycles. The molecule has 0 spiro atoms. The predicted molar refractivity (Wildman–Crippen MR) is 63.0 cm³/mol. The normalized spacial score (nSPS) is 9.93. The van der Waals surface area contributed by atoms with Gasteiger partial charge >= 0.3 is 7.69 Å². The Balaban J connectivity index is 2.24. The van der Waals surface area contributed by atoms with Crippen LogP contribution in [0.2, 0.25) is 0 Å². The maximum atomic E-state index is 10.5. The van der Waals surface area contributed by atoms with Gasteiger partial charge < -0.3 is 9.68 Å². The lowest BCUT2D eigenvalue weighted by atomic mass is 10.4. The second kappa shape index (κ2) is 4.61. The number of carbonyl (C=O) groups is 1. The average Bonchev–Trinajstić information content (AvgIpc) is 2.85. The van der Waals surface area contributed by atoms with Gasteiger partial charge in [0.2, 0.25) is 0 Å². The van der Waals surface area contributed by atoms with Crippen molar-refractivity contribution >= 4 is 36.6 Å². The van der Waals surface area contributed by atoms with Crippen LogP contribution in [0.1, 0.15) is 9.67 Å². The summed E-state index contributed by atoms with van der Waals surface area (Å²) in [6.07, 6.45) is 0.840. The zero-order valence-electron chi connectivity index (χ0n) is 7.67. The third kappa shape index (κ3) is 2.28. The molecule has 1 N–H and O–H groups in total. The standard InChI is InChI=1S/C9H7BO3S2/c11-5-6-1-2-7(14-6)8-3-4-9(15-8)13-10-12/h1-5,10,12H. The van der Waals surface area contributed by atoms with Crippen LogP contribution >= 0.6 is 22.7 Å². The van der Waals surface area contributed by atoms with Gasteiger partial charge in [-0.2, -0.15) is 0 Å². The lowest BCUT2D eigenvalue weighted by molar-refractivity contribution is 0.112. The van der Waals surface area contributed by atoms with Crippen LogP contribution in [0.25, 0.3) is 9.75 Å². The summed E-state index contributed by atoms with van der Waals surface area (Å²) in [6.45, 7) is 0. The van der Waals surface area contributed by atoms with E-state index >= 15 is 0 Å². The van der Waals surface area contributed by atoms with Crippen LogP contribution in [0.4, 0.5) is 0 Å². The lowest BCUT2D eigenvalue weighted by Crippen LogP contribution is -1.97. The molecule has 0 aromatic carbocycles. The summed E-state index contributed by atoms with van der Waals surface area (Å²) >= 11 is 2.89. The highest BCUT2D eigenvalue weighted by molar-refractivity contribution is 7.23. The Bertz CT molecular complexity index is 463. The summed E-state index contributed by atoms with van der Waals surface area (Å²) in [7, 11) is -0.315. The number of carbonyl (C=O) groups excluding carboxylic acids is 1. The fourth-order valence-corrected chi connectivity index (χ4v) is 2.90. The van der Waals surface area contributed by atoms with Crippen molar-refractivity contribution < 1.29 is 14.5 Å². The van der Waals surface area contributed by atoms with Crippen molar-refractivity contribution in [2.75, 3.05) is 0 Å². The molecule has 2 aromatic rings. The number of hydrogen-bond donors (Lipinski definition) is 1. The Hall–Kier alpha value is -1.11. The van der Waals surface area contributed by atoms with E-state index < -0.39 is 0 Å². The molecule has 0 aliphatic heterocycles. The Kier molecular flexibility index (Phi) is 3.20. The van der Waals surface area contributed by atoms with Crippen LogP contribution in [-0.2, 0) is 0 Å². The molecule has 6 heteroatoms. The van der Waals surface area contributed by atoms with Gasteiger partial charge in [-0.3, -0.25) is 4.79 Å². The molecule has 0 bridgehead atoms. The molecule has 0 saturated heterocycles. The maximum absolute atomic E-state index is 10.5. The molecule has 0 fully saturated rings. The third-order valence-corrected chi connectivity index (χ3v) is 3.98. The summed E-state index contributed by atoms with van der Waals surface area (Å²) in [6, 6.07) is 7.41. The highest BCUT2D eigenvalue weighted by atomic mass is 32.1. The lowest BCUT2D eigenvalue weighted by Gasteiger charge is -1.93. The quantitative estimate of drug-likeness (QED) is 0.653. The van der Waals surface area contributed by atoms with Crippen molar-refractivity contribution in [3.63, 3.8) is 0 Å². The molecule has 76 valence electrons. The zero-order chi connectivity index (χ0) is 10.7. The Morgan fingerprint density at radius 2 is 1.93 bits per heavy atom. The SMILES string of the molecule is O=Cc1ccc(-c2ccc(OBO)s2)s1. The van der Waals surface area contributed by atoms with Crippen LogP contribution < -0.4 is 4.65 Å². The molecule has 2 heterocycles. The smallest absolute Gasteiger partial charge is 0.504 e. The summed E-state index contributed by atoms with van der Waals surface area (Å²) in [5.41, 5.74) is 0. The Labute approximate surface area is 95.3 Å². The van der Waals surface area contributed by atoms with Crippen molar-refractivity contribution in [2.24, 2.45) is 0 Å². The number of rotatable bonds is 4. The largest absolute Gasteiger partial charge is 0.531 e. The molecule has 0 aliphatic carbocycles. The van der Waals surface area contributed by atoms with Gasteiger partial charge in [0.15, 0.2) is 11.3 Å². The maximum Gasteiger partial charge on any atom is 0.504 e. The molecule has 0 radical (unpaired) electrons. The second-order valence-electron chi connectivity index (χ2n) is 2.71. The van der Waals surface area contributed by atoms with E-state index in [0.717, 1.165) is 16.0 Å². The summed E-state index contributed by atoms with van der Waals surface area (Å²) in [4.78, 5) is 13.3. The molecular weight excluding hydrogens is 231 g/mol. The van der Waals surface area contributed by atoms with Gasteiger partial charge in [-0.05, 0) is 24.3 Å². The molecule has 0 aliphatic rings. The van der Waals surface area contributed by atoms with E-state index in [4.69, 9.17) is 9.68 Å². The van der Waals surface area contributed by atoms with Gasteiger partial charge in [0.25, 0.3) is 0 Å². The van der Waals surface area contributed by atoms with E-state index in [2.05, 4.69) is 0 Å². The first-order valence-electron chi connectivity index (χ1n) is 4.22. The minimum atomic E-state index is -0.315. The van der Waals surface area contributed by atoms with Crippen LogP contribution in [0.5, 0.6) is 5.06 Å². The molecule has 0 unspecified atom stereocenters. The average molecular weight is 238 g/mol. The first kappa shape index (κ1) is 10.4. The first-order chi connectivity index (χ1) is 7.33. The molecule has 0 amide bonds. The van der Waals surface area contributed by atoms with Crippen molar-refractivity contribution in [1.29, 1.82) is 0 Å². The number of aldehydes is 1. The molecular formula is C9H7BO3S2. The van der Waals surface area contributed by atoms with Crippen molar-refractivity contribution in [2.45, 2.75) is 0 Å². The van der Waals surface area contributed by atoms with E-state index in [9.17, 15) is 4.79 Å². The van der Waals surface area contributed by atoms with Crippen LogP contribution in [-0.4, -0.2) is 19.0 Å². The van der Waals surface area contributed by atoms with Gasteiger partial charge in [-0.1, -0.05) is 11.3 Å². The van der Waals surface area contributed by atoms with Crippen LogP contribution in [0.15, 0.2) is 24.3 Å². The molecule has 15 heavy (non-hydrogen) atoms. The zero-order valence-corrected chi connectivity index (χ0v) is 9.31. The van der Waals surface area contributed by atoms with Gasteiger partial charge in [-0.15, -0.1) is 11.3 Å². The number of thiophene rings is 2. The predicted octanol–water partition coefficient (Wildman–Crippen LogP) is 1.93. The summed E-state index contributed by atoms with van der Waals surface area (Å²) < 4.78 is 4.95. The molecule has 3 nitrogen and oxygen atoms in total. The summed E-state index contributed by atoms with van der Waals surface area (Å²) in [5.74, 6) is 0. The van der Waals surface area contributed by atoms with Gasteiger partial charge in [-0.25, -0.2) is 0 Å². The van der Waals surface area contributed by atoms with Gasteiger partial charge in [0.05, 0.1) is 4.88 Å². The Morgan fingerprint density at radius 3 is 2.60 bits per heavy atom. The van der Waals surface area contributed by atoms with E-state index in [1.54, 1.807) is 12.1 Å². The van der Waals surface area contributed by atoms with Crippen molar-refractivity contribution in [3.05, 3.63) is 29.1 Å². The summed E-state index contributed by atoms with van der Waals surface area (Å²) in [5, 5.41) is 9.26. The first-order valence-corrected chi connectivity index (χ1v) is 5.85. The van der Waals surface area contributed by atoms with Crippen molar-refractivity contribution in [1.82, 2.24) is 0 Å². The van der Waals surface area contributed by atoms with Gasteiger partial charge in [0.1, 0.15) is 0 Å². The monoisotopic (exact) mass is 238 g/mol. The topological polar surface area (TPSA) is 46.5 Å². The second-order valence-corrected chi connectivity index (χ2v) is 4.87. The fourth-order valence-electron chi connectivity index (χ4n) is 1.14. The highest BCUT2D eigenvalue weighted by Gasteiger charge is 2.06. The Morgan fingerprint density at radius 1 is 1.20 bits per heavy atom.